The van der Waals surface area contributed by atoms with Crippen molar-refractivity contribution in [3.05, 3.63) is 58.1 Å². The van der Waals surface area contributed by atoms with E-state index in [9.17, 15) is 4.79 Å². The molecule has 1 amide bonds. The number of benzene rings is 2. The van der Waals surface area contributed by atoms with Crippen molar-refractivity contribution >= 4 is 23.4 Å². The summed E-state index contributed by atoms with van der Waals surface area (Å²) in [6.45, 7) is 10.1. The standard InChI is InChI=1S/C20H23N5OS/c1-12-6-7-17(14(3)8-12)25-20(22-23-24-25)27-11-18(26)21-19-15(4)9-13(2)10-16(19)5/h6-10H,11H2,1-5H3,(H,21,26). The van der Waals surface area contributed by atoms with Crippen LogP contribution in [0, 0.1) is 34.6 Å². The zero-order valence-electron chi connectivity index (χ0n) is 16.2. The highest BCUT2D eigenvalue weighted by Crippen LogP contribution is 2.24. The van der Waals surface area contributed by atoms with Crippen LogP contribution in [0.4, 0.5) is 5.69 Å². The van der Waals surface area contributed by atoms with E-state index in [1.807, 2.05) is 46.8 Å². The van der Waals surface area contributed by atoms with Crippen molar-refractivity contribution in [1.29, 1.82) is 0 Å². The van der Waals surface area contributed by atoms with E-state index in [1.54, 1.807) is 4.68 Å². The van der Waals surface area contributed by atoms with E-state index in [2.05, 4.69) is 39.0 Å². The second kappa shape index (κ2) is 7.92. The first-order valence-corrected chi connectivity index (χ1v) is 9.70. The maximum absolute atomic E-state index is 12.4. The molecular weight excluding hydrogens is 358 g/mol. The number of aryl methyl sites for hydroxylation is 5. The fourth-order valence-corrected chi connectivity index (χ4v) is 3.83. The normalized spacial score (nSPS) is 10.9. The molecule has 0 atom stereocenters. The zero-order chi connectivity index (χ0) is 19.6. The number of carbonyl (C=O) groups excluding carboxylic acids is 1. The summed E-state index contributed by atoms with van der Waals surface area (Å²) < 4.78 is 1.68. The molecule has 3 aromatic rings. The van der Waals surface area contributed by atoms with Crippen molar-refractivity contribution in [2.75, 3.05) is 11.1 Å². The first kappa shape index (κ1) is 19.1. The number of hydrogen-bond donors (Lipinski definition) is 1. The van der Waals surface area contributed by atoms with Crippen molar-refractivity contribution in [1.82, 2.24) is 20.2 Å². The van der Waals surface area contributed by atoms with Crippen LogP contribution < -0.4 is 5.32 Å². The molecule has 0 aliphatic heterocycles. The summed E-state index contributed by atoms with van der Waals surface area (Å²) in [5.74, 6) is 0.156. The quantitative estimate of drug-likeness (QED) is 0.678. The lowest BCUT2D eigenvalue weighted by molar-refractivity contribution is -0.113. The van der Waals surface area contributed by atoms with Gasteiger partial charge in [-0.15, -0.1) is 5.10 Å². The number of nitrogens with zero attached hydrogens (tertiary/aromatic N) is 4. The lowest BCUT2D eigenvalue weighted by atomic mass is 10.1. The number of thioether (sulfide) groups is 1. The Morgan fingerprint density at radius 3 is 2.33 bits per heavy atom. The van der Waals surface area contributed by atoms with Crippen molar-refractivity contribution in [3.63, 3.8) is 0 Å². The van der Waals surface area contributed by atoms with Crippen LogP contribution in [-0.4, -0.2) is 31.9 Å². The molecule has 140 valence electrons. The molecule has 0 fully saturated rings. The van der Waals surface area contributed by atoms with Gasteiger partial charge in [-0.3, -0.25) is 4.79 Å². The molecule has 0 saturated carbocycles. The first-order chi connectivity index (χ1) is 12.8. The minimum absolute atomic E-state index is 0.0785. The number of nitrogens with one attached hydrogen (secondary N) is 1. The molecule has 0 unspecified atom stereocenters. The van der Waals surface area contributed by atoms with E-state index in [4.69, 9.17) is 0 Å². The van der Waals surface area contributed by atoms with Gasteiger partial charge in [0.25, 0.3) is 0 Å². The SMILES string of the molecule is Cc1ccc(-n2nnnc2SCC(=O)Nc2c(C)cc(C)cc2C)c(C)c1. The molecule has 3 rings (SSSR count). The fraction of sp³-hybridized carbons (Fsp3) is 0.300. The third kappa shape index (κ3) is 4.36. The van der Waals surface area contributed by atoms with Gasteiger partial charge >= 0.3 is 0 Å². The van der Waals surface area contributed by atoms with Crippen LogP contribution in [0.3, 0.4) is 0 Å². The van der Waals surface area contributed by atoms with Gasteiger partial charge < -0.3 is 5.32 Å². The average molecular weight is 382 g/mol. The van der Waals surface area contributed by atoms with E-state index in [0.717, 1.165) is 28.1 Å². The van der Waals surface area contributed by atoms with E-state index in [0.29, 0.717) is 5.16 Å². The fourth-order valence-electron chi connectivity index (χ4n) is 3.15. The number of carbonyl (C=O) groups is 1. The second-order valence-electron chi connectivity index (χ2n) is 6.77. The Morgan fingerprint density at radius 2 is 1.67 bits per heavy atom. The molecule has 0 radical (unpaired) electrons. The highest BCUT2D eigenvalue weighted by molar-refractivity contribution is 7.99. The molecular formula is C20H23N5OS. The summed E-state index contributed by atoms with van der Waals surface area (Å²) in [6, 6.07) is 10.2. The molecule has 1 heterocycles. The van der Waals surface area contributed by atoms with Crippen LogP contribution in [0.15, 0.2) is 35.5 Å². The van der Waals surface area contributed by atoms with Crippen LogP contribution in [0.5, 0.6) is 0 Å². The molecule has 0 bridgehead atoms. The highest BCUT2D eigenvalue weighted by atomic mass is 32.2. The smallest absolute Gasteiger partial charge is 0.234 e. The molecule has 2 aromatic carbocycles. The van der Waals surface area contributed by atoms with Crippen LogP contribution >= 0.6 is 11.8 Å². The van der Waals surface area contributed by atoms with E-state index >= 15 is 0 Å². The van der Waals surface area contributed by atoms with Crippen LogP contribution in [0.2, 0.25) is 0 Å². The molecule has 27 heavy (non-hydrogen) atoms. The minimum atomic E-state index is -0.0785. The Kier molecular flexibility index (Phi) is 5.60. The number of rotatable bonds is 5. The molecule has 0 aliphatic carbocycles. The Bertz CT molecular complexity index is 973. The first-order valence-electron chi connectivity index (χ1n) is 8.71. The summed E-state index contributed by atoms with van der Waals surface area (Å²) in [7, 11) is 0. The van der Waals surface area contributed by atoms with Gasteiger partial charge in [0.05, 0.1) is 11.4 Å². The van der Waals surface area contributed by atoms with Gasteiger partial charge in [-0.25, -0.2) is 0 Å². The number of amides is 1. The third-order valence-corrected chi connectivity index (χ3v) is 5.21. The van der Waals surface area contributed by atoms with Crippen molar-refractivity contribution in [2.24, 2.45) is 0 Å². The van der Waals surface area contributed by atoms with Gasteiger partial charge in [0, 0.05) is 5.69 Å². The van der Waals surface area contributed by atoms with Gasteiger partial charge in [-0.1, -0.05) is 47.2 Å². The molecule has 7 heteroatoms. The highest BCUT2D eigenvalue weighted by Gasteiger charge is 2.14. The monoisotopic (exact) mass is 381 g/mol. The lowest BCUT2D eigenvalue weighted by Crippen LogP contribution is -2.16. The Hall–Kier alpha value is -2.67. The summed E-state index contributed by atoms with van der Waals surface area (Å²) in [5, 5.41) is 15.5. The van der Waals surface area contributed by atoms with Gasteiger partial charge in [0.2, 0.25) is 11.1 Å². The Morgan fingerprint density at radius 1 is 1.00 bits per heavy atom. The van der Waals surface area contributed by atoms with Crippen molar-refractivity contribution in [2.45, 2.75) is 39.8 Å². The van der Waals surface area contributed by atoms with Crippen LogP contribution in [-0.2, 0) is 4.79 Å². The van der Waals surface area contributed by atoms with E-state index < -0.39 is 0 Å². The van der Waals surface area contributed by atoms with Gasteiger partial charge in [0.15, 0.2) is 0 Å². The van der Waals surface area contributed by atoms with Crippen molar-refractivity contribution in [3.8, 4) is 5.69 Å². The minimum Gasteiger partial charge on any atom is -0.325 e. The van der Waals surface area contributed by atoms with Gasteiger partial charge in [0.1, 0.15) is 0 Å². The van der Waals surface area contributed by atoms with E-state index in [-0.39, 0.29) is 11.7 Å². The maximum atomic E-state index is 12.4. The molecule has 1 aromatic heterocycles. The number of aromatic nitrogens is 4. The topological polar surface area (TPSA) is 72.7 Å². The zero-order valence-corrected chi connectivity index (χ0v) is 17.0. The maximum Gasteiger partial charge on any atom is 0.234 e. The molecule has 0 saturated heterocycles. The van der Waals surface area contributed by atoms with Crippen LogP contribution in [0.25, 0.3) is 5.69 Å². The number of anilines is 1. The molecule has 0 aliphatic rings. The Balaban J connectivity index is 1.71. The lowest BCUT2D eigenvalue weighted by Gasteiger charge is -2.13. The van der Waals surface area contributed by atoms with Gasteiger partial charge in [-0.05, 0) is 67.8 Å². The third-order valence-electron chi connectivity index (χ3n) is 4.30. The molecule has 1 N–H and O–H groups in total. The summed E-state index contributed by atoms with van der Waals surface area (Å²) in [4.78, 5) is 12.4. The van der Waals surface area contributed by atoms with Gasteiger partial charge in [-0.2, -0.15) is 4.68 Å². The summed E-state index contributed by atoms with van der Waals surface area (Å²) in [5.41, 5.74) is 7.36. The largest absolute Gasteiger partial charge is 0.325 e. The number of tetrazole rings is 1. The van der Waals surface area contributed by atoms with Crippen molar-refractivity contribution < 1.29 is 4.79 Å². The second-order valence-corrected chi connectivity index (χ2v) is 7.72. The molecule has 6 nitrogen and oxygen atoms in total. The predicted molar refractivity (Wildman–Crippen MR) is 109 cm³/mol. The average Bonchev–Trinajstić information content (AvgIpc) is 3.04. The summed E-state index contributed by atoms with van der Waals surface area (Å²) in [6.07, 6.45) is 0. The van der Waals surface area contributed by atoms with Crippen LogP contribution in [0.1, 0.15) is 27.8 Å². The number of hydrogen-bond acceptors (Lipinski definition) is 5. The van der Waals surface area contributed by atoms with E-state index in [1.165, 1.54) is 22.9 Å². The summed E-state index contributed by atoms with van der Waals surface area (Å²) >= 11 is 1.32. The molecule has 0 spiro atoms. The predicted octanol–water partition coefficient (Wildman–Crippen LogP) is 3.94. The Labute approximate surface area is 163 Å².